The number of aryl methyl sites for hydroxylation is 2. The van der Waals surface area contributed by atoms with Crippen LogP contribution in [0.2, 0.25) is 0 Å². The molecule has 0 saturated heterocycles. The average molecular weight is 309 g/mol. The number of hydrogen-bond donors (Lipinski definition) is 3. The zero-order valence-electron chi connectivity index (χ0n) is 11.7. The predicted octanol–water partition coefficient (Wildman–Crippen LogP) is 1.77. The van der Waals surface area contributed by atoms with Crippen LogP contribution in [0.15, 0.2) is 11.6 Å². The topological polar surface area (TPSA) is 109 Å². The molecule has 9 heteroatoms. The Bertz CT molecular complexity index is 678. The Morgan fingerprint density at radius 2 is 2.19 bits per heavy atom. The van der Waals surface area contributed by atoms with Crippen molar-refractivity contribution < 1.29 is 14.7 Å². The molecule has 2 rings (SSSR count). The van der Waals surface area contributed by atoms with Gasteiger partial charge in [0.25, 0.3) is 0 Å². The Morgan fingerprint density at radius 1 is 1.48 bits per heavy atom. The number of nitrogens with zero attached hydrogens (tertiary/aromatic N) is 3. The lowest BCUT2D eigenvalue weighted by molar-refractivity contribution is 0.0691. The average Bonchev–Trinajstić information content (AvgIpc) is 2.97. The predicted molar refractivity (Wildman–Crippen MR) is 77.6 cm³/mol. The van der Waals surface area contributed by atoms with Crippen LogP contribution in [0, 0.1) is 6.92 Å². The van der Waals surface area contributed by atoms with Gasteiger partial charge in [-0.05, 0) is 13.8 Å². The summed E-state index contributed by atoms with van der Waals surface area (Å²) in [6.45, 7) is 3.53. The molecule has 0 aliphatic rings. The highest BCUT2D eigenvalue weighted by Crippen LogP contribution is 2.18. The number of urea groups is 1. The summed E-state index contributed by atoms with van der Waals surface area (Å²) >= 11 is 1.19. The van der Waals surface area contributed by atoms with Gasteiger partial charge in [0.15, 0.2) is 5.69 Å². The number of carbonyl (C=O) groups is 2. The maximum absolute atomic E-state index is 11.9. The first-order chi connectivity index (χ1) is 9.86. The first kappa shape index (κ1) is 15.0. The van der Waals surface area contributed by atoms with E-state index in [1.54, 1.807) is 31.8 Å². The molecule has 2 heterocycles. The fourth-order valence-electron chi connectivity index (χ4n) is 1.72. The van der Waals surface area contributed by atoms with E-state index < -0.39 is 12.0 Å². The Kier molecular flexibility index (Phi) is 4.22. The standard InChI is InChI=1S/C12H15N5O3S/c1-6-8(4-17(3)16-6)15-12(20)13-7(2)10-14-9(5-21-10)11(18)19/h4-5,7H,1-3H3,(H,18,19)(H2,13,15,20). The third-order valence-corrected chi connectivity index (χ3v) is 3.75. The summed E-state index contributed by atoms with van der Waals surface area (Å²) in [6.07, 6.45) is 1.70. The lowest BCUT2D eigenvalue weighted by Crippen LogP contribution is -2.31. The van der Waals surface area contributed by atoms with E-state index in [-0.39, 0.29) is 11.7 Å². The summed E-state index contributed by atoms with van der Waals surface area (Å²) in [5, 5.41) is 20.3. The van der Waals surface area contributed by atoms with Crippen molar-refractivity contribution in [2.45, 2.75) is 19.9 Å². The molecule has 8 nitrogen and oxygen atoms in total. The molecular weight excluding hydrogens is 294 g/mol. The number of aromatic carboxylic acids is 1. The van der Waals surface area contributed by atoms with Crippen molar-refractivity contribution in [3.63, 3.8) is 0 Å². The number of amides is 2. The molecule has 0 aliphatic carbocycles. The second kappa shape index (κ2) is 5.92. The minimum Gasteiger partial charge on any atom is -0.476 e. The van der Waals surface area contributed by atoms with Gasteiger partial charge in [0, 0.05) is 18.6 Å². The molecule has 21 heavy (non-hydrogen) atoms. The van der Waals surface area contributed by atoms with Gasteiger partial charge in [0.1, 0.15) is 5.01 Å². The summed E-state index contributed by atoms with van der Waals surface area (Å²) < 4.78 is 1.61. The van der Waals surface area contributed by atoms with Crippen LogP contribution in [-0.2, 0) is 7.05 Å². The molecule has 0 radical (unpaired) electrons. The summed E-state index contributed by atoms with van der Waals surface area (Å²) in [6, 6.07) is -0.786. The molecule has 0 bridgehead atoms. The smallest absolute Gasteiger partial charge is 0.355 e. The molecule has 0 saturated carbocycles. The maximum Gasteiger partial charge on any atom is 0.355 e. The maximum atomic E-state index is 11.9. The van der Waals surface area contributed by atoms with Gasteiger partial charge in [-0.15, -0.1) is 11.3 Å². The summed E-state index contributed by atoms with van der Waals surface area (Å²) in [5.74, 6) is -1.08. The van der Waals surface area contributed by atoms with Crippen LogP contribution in [0.3, 0.4) is 0 Å². The van der Waals surface area contributed by atoms with Crippen molar-refractivity contribution in [1.82, 2.24) is 20.1 Å². The lowest BCUT2D eigenvalue weighted by atomic mass is 10.3. The fourth-order valence-corrected chi connectivity index (χ4v) is 2.52. The largest absolute Gasteiger partial charge is 0.476 e. The van der Waals surface area contributed by atoms with Gasteiger partial charge < -0.3 is 15.7 Å². The van der Waals surface area contributed by atoms with E-state index in [0.29, 0.717) is 16.4 Å². The molecular formula is C12H15N5O3S. The highest BCUT2D eigenvalue weighted by Gasteiger charge is 2.16. The number of rotatable bonds is 4. The molecule has 2 aromatic heterocycles. The van der Waals surface area contributed by atoms with E-state index in [9.17, 15) is 9.59 Å². The van der Waals surface area contributed by atoms with Gasteiger partial charge in [0.2, 0.25) is 0 Å². The van der Waals surface area contributed by atoms with Gasteiger partial charge in [-0.25, -0.2) is 14.6 Å². The number of carbonyl (C=O) groups excluding carboxylic acids is 1. The number of nitrogens with one attached hydrogen (secondary N) is 2. The number of carboxylic acid groups (broad SMARTS) is 1. The molecule has 1 atom stereocenters. The van der Waals surface area contributed by atoms with E-state index in [1.807, 2.05) is 0 Å². The Balaban J connectivity index is 1.98. The highest BCUT2D eigenvalue weighted by atomic mass is 32.1. The van der Waals surface area contributed by atoms with Crippen LogP contribution in [0.25, 0.3) is 0 Å². The van der Waals surface area contributed by atoms with Crippen molar-refractivity contribution in [3.05, 3.63) is 28.0 Å². The SMILES string of the molecule is Cc1nn(C)cc1NC(=O)NC(C)c1nc(C(=O)O)cs1. The van der Waals surface area contributed by atoms with Crippen molar-refractivity contribution in [2.75, 3.05) is 5.32 Å². The van der Waals surface area contributed by atoms with Crippen LogP contribution in [0.1, 0.15) is 34.2 Å². The Hall–Kier alpha value is -2.42. The number of aromatic nitrogens is 3. The minimum atomic E-state index is -1.08. The van der Waals surface area contributed by atoms with Crippen molar-refractivity contribution in [3.8, 4) is 0 Å². The number of thiazole rings is 1. The van der Waals surface area contributed by atoms with Gasteiger partial charge in [0.05, 0.1) is 17.4 Å². The molecule has 0 aliphatic heterocycles. The van der Waals surface area contributed by atoms with Crippen molar-refractivity contribution >= 4 is 29.0 Å². The van der Waals surface area contributed by atoms with E-state index in [4.69, 9.17) is 5.11 Å². The van der Waals surface area contributed by atoms with Crippen molar-refractivity contribution in [1.29, 1.82) is 0 Å². The molecule has 0 spiro atoms. The molecule has 0 aromatic carbocycles. The molecule has 3 N–H and O–H groups in total. The monoisotopic (exact) mass is 309 g/mol. The summed E-state index contributed by atoms with van der Waals surface area (Å²) in [5.41, 5.74) is 1.31. The Morgan fingerprint density at radius 3 is 2.71 bits per heavy atom. The third kappa shape index (κ3) is 3.57. The minimum absolute atomic E-state index is 0.0211. The second-order valence-electron chi connectivity index (χ2n) is 4.50. The molecule has 2 aromatic rings. The molecule has 1 unspecified atom stereocenters. The van der Waals surface area contributed by atoms with Gasteiger partial charge in [-0.1, -0.05) is 0 Å². The van der Waals surface area contributed by atoms with Crippen LogP contribution in [0.5, 0.6) is 0 Å². The van der Waals surface area contributed by atoms with Crippen LogP contribution in [0.4, 0.5) is 10.5 Å². The lowest BCUT2D eigenvalue weighted by Gasteiger charge is -2.11. The van der Waals surface area contributed by atoms with E-state index >= 15 is 0 Å². The van der Waals surface area contributed by atoms with E-state index in [1.165, 1.54) is 16.7 Å². The quantitative estimate of drug-likeness (QED) is 0.797. The van der Waals surface area contributed by atoms with E-state index in [2.05, 4.69) is 20.7 Å². The Labute approximate surface area is 124 Å². The van der Waals surface area contributed by atoms with Crippen LogP contribution >= 0.6 is 11.3 Å². The van der Waals surface area contributed by atoms with E-state index in [0.717, 1.165) is 0 Å². The van der Waals surface area contributed by atoms with Gasteiger partial charge in [-0.3, -0.25) is 4.68 Å². The number of hydrogen-bond acceptors (Lipinski definition) is 5. The second-order valence-corrected chi connectivity index (χ2v) is 5.39. The first-order valence-corrected chi connectivity index (χ1v) is 7.01. The van der Waals surface area contributed by atoms with Gasteiger partial charge in [-0.2, -0.15) is 5.10 Å². The molecule has 0 fully saturated rings. The highest BCUT2D eigenvalue weighted by molar-refractivity contribution is 7.09. The van der Waals surface area contributed by atoms with Gasteiger partial charge >= 0.3 is 12.0 Å². The van der Waals surface area contributed by atoms with Crippen LogP contribution < -0.4 is 10.6 Å². The first-order valence-electron chi connectivity index (χ1n) is 6.13. The normalized spacial score (nSPS) is 12.0. The molecule has 2 amide bonds. The zero-order chi connectivity index (χ0) is 15.6. The summed E-state index contributed by atoms with van der Waals surface area (Å²) in [4.78, 5) is 26.6. The fraction of sp³-hybridized carbons (Fsp3) is 0.333. The third-order valence-electron chi connectivity index (χ3n) is 2.72. The summed E-state index contributed by atoms with van der Waals surface area (Å²) in [7, 11) is 1.77. The van der Waals surface area contributed by atoms with Crippen LogP contribution in [-0.4, -0.2) is 31.9 Å². The van der Waals surface area contributed by atoms with Crippen molar-refractivity contribution in [2.24, 2.45) is 7.05 Å². The number of carboxylic acids is 1. The molecule has 112 valence electrons. The zero-order valence-corrected chi connectivity index (χ0v) is 12.6. The number of anilines is 1.